The summed E-state index contributed by atoms with van der Waals surface area (Å²) >= 11 is 6.05. The normalized spacial score (nSPS) is 10.5. The van der Waals surface area contributed by atoms with Crippen LogP contribution < -0.4 is 10.5 Å². The lowest BCUT2D eigenvalue weighted by Gasteiger charge is -2.10. The predicted octanol–water partition coefficient (Wildman–Crippen LogP) is 3.83. The molecule has 100 valence electrons. The number of hydrogen-bond donors (Lipinski definition) is 1. The first-order valence-corrected chi connectivity index (χ1v) is 6.34. The summed E-state index contributed by atoms with van der Waals surface area (Å²) in [5.41, 5.74) is 7.74. The van der Waals surface area contributed by atoms with Crippen LogP contribution in [0, 0.1) is 12.7 Å². The van der Waals surface area contributed by atoms with Gasteiger partial charge in [-0.3, -0.25) is 0 Å². The van der Waals surface area contributed by atoms with Crippen molar-refractivity contribution >= 4 is 11.6 Å². The lowest BCUT2D eigenvalue weighted by molar-refractivity contribution is 0.300. The van der Waals surface area contributed by atoms with E-state index in [2.05, 4.69) is 0 Å². The zero-order chi connectivity index (χ0) is 13.8. The summed E-state index contributed by atoms with van der Waals surface area (Å²) in [6, 6.07) is 10.4. The molecule has 4 heteroatoms. The molecule has 0 unspecified atom stereocenters. The molecular formula is C15H15ClFNO. The highest BCUT2D eigenvalue weighted by molar-refractivity contribution is 6.32. The van der Waals surface area contributed by atoms with Crippen molar-refractivity contribution in [1.29, 1.82) is 0 Å². The molecule has 0 bridgehead atoms. The van der Waals surface area contributed by atoms with E-state index in [1.54, 1.807) is 18.2 Å². The summed E-state index contributed by atoms with van der Waals surface area (Å²) in [7, 11) is 0. The Hall–Kier alpha value is -1.58. The fraction of sp³-hybridized carbons (Fsp3) is 0.200. The average Bonchev–Trinajstić information content (AvgIpc) is 2.39. The minimum atomic E-state index is -0.314. The van der Waals surface area contributed by atoms with Crippen LogP contribution >= 0.6 is 11.6 Å². The Kier molecular flexibility index (Phi) is 4.40. The molecule has 0 aromatic heterocycles. The smallest absolute Gasteiger partial charge is 0.138 e. The van der Waals surface area contributed by atoms with Crippen LogP contribution in [0.15, 0.2) is 36.4 Å². The van der Waals surface area contributed by atoms with Gasteiger partial charge in [-0.05, 0) is 36.2 Å². The van der Waals surface area contributed by atoms with Gasteiger partial charge in [-0.2, -0.15) is 0 Å². The largest absolute Gasteiger partial charge is 0.487 e. The number of halogens is 2. The minimum absolute atomic E-state index is 0.138. The number of nitrogens with two attached hydrogens (primary N) is 1. The van der Waals surface area contributed by atoms with Gasteiger partial charge >= 0.3 is 0 Å². The molecule has 0 fully saturated rings. The van der Waals surface area contributed by atoms with E-state index < -0.39 is 0 Å². The first-order valence-electron chi connectivity index (χ1n) is 5.96. The standard InChI is InChI=1S/C15H15ClFNO/c1-10-2-5-15(13(16)6-10)19-9-12-4-3-11(8-18)7-14(12)17/h2-7H,8-9,18H2,1H3. The molecule has 0 spiro atoms. The van der Waals surface area contributed by atoms with E-state index in [0.29, 0.717) is 22.9 Å². The van der Waals surface area contributed by atoms with Gasteiger partial charge in [-0.25, -0.2) is 4.39 Å². The molecule has 0 saturated carbocycles. The van der Waals surface area contributed by atoms with Crippen molar-refractivity contribution in [3.05, 3.63) is 63.9 Å². The maximum atomic E-state index is 13.7. The van der Waals surface area contributed by atoms with Crippen molar-refractivity contribution in [2.45, 2.75) is 20.1 Å². The number of aryl methyl sites for hydroxylation is 1. The van der Waals surface area contributed by atoms with Crippen molar-refractivity contribution in [2.24, 2.45) is 5.73 Å². The molecule has 0 aliphatic rings. The number of rotatable bonds is 4. The van der Waals surface area contributed by atoms with Gasteiger partial charge in [0.15, 0.2) is 0 Å². The van der Waals surface area contributed by atoms with Gasteiger partial charge in [-0.1, -0.05) is 29.8 Å². The highest BCUT2D eigenvalue weighted by Crippen LogP contribution is 2.26. The summed E-state index contributed by atoms with van der Waals surface area (Å²) in [5, 5.41) is 0.527. The summed E-state index contributed by atoms with van der Waals surface area (Å²) in [6.45, 7) is 2.40. The molecule has 2 aromatic carbocycles. The van der Waals surface area contributed by atoms with E-state index in [-0.39, 0.29) is 12.4 Å². The molecule has 2 nitrogen and oxygen atoms in total. The van der Waals surface area contributed by atoms with Gasteiger partial charge in [0.2, 0.25) is 0 Å². The maximum absolute atomic E-state index is 13.7. The Bertz CT molecular complexity index is 586. The molecule has 2 rings (SSSR count). The van der Waals surface area contributed by atoms with Gasteiger partial charge in [0.25, 0.3) is 0 Å². The van der Waals surface area contributed by atoms with Crippen LogP contribution in [-0.4, -0.2) is 0 Å². The zero-order valence-corrected chi connectivity index (χ0v) is 11.4. The van der Waals surface area contributed by atoms with Gasteiger partial charge in [0.1, 0.15) is 18.2 Å². The van der Waals surface area contributed by atoms with Crippen molar-refractivity contribution in [1.82, 2.24) is 0 Å². The molecule has 0 radical (unpaired) electrons. The molecule has 0 aliphatic carbocycles. The van der Waals surface area contributed by atoms with Gasteiger partial charge in [-0.15, -0.1) is 0 Å². The minimum Gasteiger partial charge on any atom is -0.487 e. The third kappa shape index (κ3) is 3.46. The Morgan fingerprint density at radius 2 is 2.00 bits per heavy atom. The second-order valence-corrected chi connectivity index (χ2v) is 4.76. The number of benzene rings is 2. The molecule has 19 heavy (non-hydrogen) atoms. The van der Waals surface area contributed by atoms with Crippen LogP contribution in [0.2, 0.25) is 5.02 Å². The molecule has 2 N–H and O–H groups in total. The topological polar surface area (TPSA) is 35.2 Å². The van der Waals surface area contributed by atoms with Gasteiger partial charge in [0.05, 0.1) is 5.02 Å². The fourth-order valence-electron chi connectivity index (χ4n) is 1.71. The van der Waals surface area contributed by atoms with E-state index in [0.717, 1.165) is 11.1 Å². The maximum Gasteiger partial charge on any atom is 0.138 e. The van der Waals surface area contributed by atoms with E-state index in [1.165, 1.54) is 6.07 Å². The number of ether oxygens (including phenoxy) is 1. The summed E-state index contributed by atoms with van der Waals surface area (Å²) in [5.74, 6) is 0.237. The molecule has 0 amide bonds. The second kappa shape index (κ2) is 6.04. The van der Waals surface area contributed by atoms with Crippen molar-refractivity contribution in [3.8, 4) is 5.75 Å². The SMILES string of the molecule is Cc1ccc(OCc2ccc(CN)cc2F)c(Cl)c1. The van der Waals surface area contributed by atoms with Crippen LogP contribution in [0.25, 0.3) is 0 Å². The predicted molar refractivity (Wildman–Crippen MR) is 74.8 cm³/mol. The average molecular weight is 280 g/mol. The highest BCUT2D eigenvalue weighted by Gasteiger charge is 2.06. The second-order valence-electron chi connectivity index (χ2n) is 4.35. The van der Waals surface area contributed by atoms with Crippen molar-refractivity contribution in [3.63, 3.8) is 0 Å². The van der Waals surface area contributed by atoms with Crippen LogP contribution in [0.5, 0.6) is 5.75 Å². The lowest BCUT2D eigenvalue weighted by atomic mass is 10.1. The molecule has 2 aromatic rings. The first kappa shape index (κ1) is 13.8. The fourth-order valence-corrected chi connectivity index (χ4v) is 2.00. The van der Waals surface area contributed by atoms with E-state index in [9.17, 15) is 4.39 Å². The number of hydrogen-bond acceptors (Lipinski definition) is 2. The Morgan fingerprint density at radius 3 is 2.63 bits per heavy atom. The highest BCUT2D eigenvalue weighted by atomic mass is 35.5. The Labute approximate surface area is 117 Å². The summed E-state index contributed by atoms with van der Waals surface area (Å²) in [4.78, 5) is 0. The Balaban J connectivity index is 2.10. The lowest BCUT2D eigenvalue weighted by Crippen LogP contribution is -2.02. The monoisotopic (exact) mass is 279 g/mol. The van der Waals surface area contributed by atoms with Crippen molar-refractivity contribution < 1.29 is 9.13 Å². The summed E-state index contributed by atoms with van der Waals surface area (Å²) in [6.07, 6.45) is 0. The van der Waals surface area contributed by atoms with Crippen LogP contribution in [0.3, 0.4) is 0 Å². The third-order valence-electron chi connectivity index (χ3n) is 2.82. The van der Waals surface area contributed by atoms with Crippen LogP contribution in [0.4, 0.5) is 4.39 Å². The van der Waals surface area contributed by atoms with Crippen LogP contribution in [0.1, 0.15) is 16.7 Å². The first-order chi connectivity index (χ1) is 9.10. The van der Waals surface area contributed by atoms with Gasteiger partial charge < -0.3 is 10.5 Å². The molecule has 0 saturated heterocycles. The quantitative estimate of drug-likeness (QED) is 0.923. The molecular weight excluding hydrogens is 265 g/mol. The van der Waals surface area contributed by atoms with E-state index in [1.807, 2.05) is 19.1 Å². The van der Waals surface area contributed by atoms with E-state index >= 15 is 0 Å². The Morgan fingerprint density at radius 1 is 1.21 bits per heavy atom. The van der Waals surface area contributed by atoms with Crippen LogP contribution in [-0.2, 0) is 13.2 Å². The third-order valence-corrected chi connectivity index (χ3v) is 3.12. The summed E-state index contributed by atoms with van der Waals surface area (Å²) < 4.78 is 19.3. The van der Waals surface area contributed by atoms with Crippen molar-refractivity contribution in [2.75, 3.05) is 0 Å². The zero-order valence-electron chi connectivity index (χ0n) is 10.6. The van der Waals surface area contributed by atoms with Gasteiger partial charge in [0, 0.05) is 12.1 Å². The molecule has 0 atom stereocenters. The molecule has 0 aliphatic heterocycles. The van der Waals surface area contributed by atoms with E-state index in [4.69, 9.17) is 22.1 Å². The molecule has 0 heterocycles.